The summed E-state index contributed by atoms with van der Waals surface area (Å²) in [6, 6.07) is 0. The van der Waals surface area contributed by atoms with Crippen molar-refractivity contribution >= 4 is 6.08 Å². The number of nitro groups is 1. The second-order valence-electron chi connectivity index (χ2n) is 3.41. The van der Waals surface area contributed by atoms with E-state index in [9.17, 15) is 10.1 Å². The largest absolute Gasteiger partial charge is 0.334 e. The zero-order valence-corrected chi connectivity index (χ0v) is 8.47. The zero-order chi connectivity index (χ0) is 10.7. The van der Waals surface area contributed by atoms with E-state index < -0.39 is 0 Å². The van der Waals surface area contributed by atoms with Crippen LogP contribution in [0, 0.1) is 16.0 Å². The van der Waals surface area contributed by atoms with Gasteiger partial charge in [-0.15, -0.1) is 0 Å². The molecule has 1 aromatic heterocycles. The normalized spacial score (nSPS) is 12.1. The predicted octanol–water partition coefficient (Wildman–Crippen LogP) is 1.69. The molecule has 5 nitrogen and oxygen atoms in total. The molecule has 14 heavy (non-hydrogen) atoms. The van der Waals surface area contributed by atoms with Crippen LogP contribution in [0.15, 0.2) is 18.2 Å². The monoisotopic (exact) mass is 195 g/mol. The standard InChI is InChI=1S/C9H13N3O2/c1-7(2)9(12(13)14)4-8-5-10-6-11(8)3/h4-7H,1-3H3. The van der Waals surface area contributed by atoms with Crippen LogP contribution in [0.3, 0.4) is 0 Å². The quantitative estimate of drug-likeness (QED) is 0.544. The van der Waals surface area contributed by atoms with E-state index in [2.05, 4.69) is 4.98 Å². The van der Waals surface area contributed by atoms with Gasteiger partial charge in [-0.25, -0.2) is 4.98 Å². The molecule has 0 N–H and O–H groups in total. The Bertz CT molecular complexity index is 366. The van der Waals surface area contributed by atoms with Gasteiger partial charge in [0.15, 0.2) is 0 Å². The molecule has 0 atom stereocenters. The van der Waals surface area contributed by atoms with Crippen molar-refractivity contribution in [1.29, 1.82) is 0 Å². The summed E-state index contributed by atoms with van der Waals surface area (Å²) >= 11 is 0. The molecule has 0 aliphatic carbocycles. The van der Waals surface area contributed by atoms with Crippen molar-refractivity contribution in [2.75, 3.05) is 0 Å². The highest BCUT2D eigenvalue weighted by Gasteiger charge is 2.16. The van der Waals surface area contributed by atoms with Gasteiger partial charge >= 0.3 is 0 Å². The van der Waals surface area contributed by atoms with Crippen LogP contribution in [-0.2, 0) is 7.05 Å². The van der Waals surface area contributed by atoms with E-state index in [4.69, 9.17) is 0 Å². The summed E-state index contributed by atoms with van der Waals surface area (Å²) in [5, 5.41) is 10.7. The van der Waals surface area contributed by atoms with Gasteiger partial charge in [0.05, 0.1) is 23.1 Å². The lowest BCUT2D eigenvalue weighted by molar-refractivity contribution is -0.431. The van der Waals surface area contributed by atoms with Crippen molar-refractivity contribution in [3.63, 3.8) is 0 Å². The van der Waals surface area contributed by atoms with Crippen molar-refractivity contribution in [3.8, 4) is 0 Å². The smallest absolute Gasteiger partial charge is 0.250 e. The maximum atomic E-state index is 10.7. The summed E-state index contributed by atoms with van der Waals surface area (Å²) in [6.07, 6.45) is 4.77. The summed E-state index contributed by atoms with van der Waals surface area (Å²) < 4.78 is 1.74. The second-order valence-corrected chi connectivity index (χ2v) is 3.41. The third-order valence-corrected chi connectivity index (χ3v) is 1.95. The minimum Gasteiger partial charge on any atom is -0.334 e. The molecule has 0 radical (unpaired) electrons. The number of hydrogen-bond donors (Lipinski definition) is 0. The van der Waals surface area contributed by atoms with Crippen molar-refractivity contribution in [2.24, 2.45) is 13.0 Å². The van der Waals surface area contributed by atoms with E-state index in [1.54, 1.807) is 44.1 Å². The van der Waals surface area contributed by atoms with Gasteiger partial charge < -0.3 is 4.57 Å². The van der Waals surface area contributed by atoms with E-state index in [1.807, 2.05) is 0 Å². The SMILES string of the molecule is CC(C)C(=Cc1cncn1C)[N+](=O)[O-]. The third-order valence-electron chi connectivity index (χ3n) is 1.95. The molecule has 0 saturated carbocycles. The first-order chi connectivity index (χ1) is 6.52. The second kappa shape index (κ2) is 4.04. The zero-order valence-electron chi connectivity index (χ0n) is 8.47. The maximum absolute atomic E-state index is 10.7. The van der Waals surface area contributed by atoms with Gasteiger partial charge in [-0.2, -0.15) is 0 Å². The molecule has 1 aromatic rings. The lowest BCUT2D eigenvalue weighted by Gasteiger charge is -2.01. The lowest BCUT2D eigenvalue weighted by Crippen LogP contribution is -2.06. The van der Waals surface area contributed by atoms with E-state index in [0.29, 0.717) is 0 Å². The summed E-state index contributed by atoms with van der Waals surface area (Å²) in [5.74, 6) is -0.0973. The van der Waals surface area contributed by atoms with Gasteiger partial charge in [0.25, 0.3) is 5.70 Å². The maximum Gasteiger partial charge on any atom is 0.250 e. The minimum absolute atomic E-state index is 0.0973. The lowest BCUT2D eigenvalue weighted by atomic mass is 10.1. The van der Waals surface area contributed by atoms with Crippen molar-refractivity contribution < 1.29 is 4.92 Å². The molecule has 0 saturated heterocycles. The summed E-state index contributed by atoms with van der Waals surface area (Å²) in [4.78, 5) is 14.2. The molecule has 0 aliphatic rings. The highest BCUT2D eigenvalue weighted by atomic mass is 16.6. The van der Waals surface area contributed by atoms with Crippen LogP contribution in [-0.4, -0.2) is 14.5 Å². The Morgan fingerprint density at radius 2 is 2.36 bits per heavy atom. The molecule has 0 unspecified atom stereocenters. The Hall–Kier alpha value is -1.65. The Labute approximate surface area is 82.2 Å². The van der Waals surface area contributed by atoms with Gasteiger partial charge in [0.1, 0.15) is 0 Å². The van der Waals surface area contributed by atoms with Gasteiger partial charge in [-0.3, -0.25) is 10.1 Å². The Balaban J connectivity index is 3.06. The average Bonchev–Trinajstić information content (AvgIpc) is 2.46. The number of hydrogen-bond acceptors (Lipinski definition) is 3. The molecule has 5 heteroatoms. The van der Waals surface area contributed by atoms with Gasteiger partial charge in [0.2, 0.25) is 0 Å². The van der Waals surface area contributed by atoms with Crippen LogP contribution in [0.25, 0.3) is 6.08 Å². The molecule has 0 aromatic carbocycles. The number of nitrogens with zero attached hydrogens (tertiary/aromatic N) is 3. The summed E-state index contributed by atoms with van der Waals surface area (Å²) in [6.45, 7) is 3.59. The number of imidazole rings is 1. The molecule has 1 rings (SSSR count). The molecule has 0 aliphatic heterocycles. The van der Waals surface area contributed by atoms with Crippen molar-refractivity contribution in [2.45, 2.75) is 13.8 Å². The van der Waals surface area contributed by atoms with Gasteiger partial charge in [0, 0.05) is 19.0 Å². The van der Waals surface area contributed by atoms with E-state index in [1.165, 1.54) is 0 Å². The summed E-state index contributed by atoms with van der Waals surface area (Å²) in [7, 11) is 1.80. The first-order valence-electron chi connectivity index (χ1n) is 4.34. The molecular formula is C9H13N3O2. The van der Waals surface area contributed by atoms with Crippen molar-refractivity contribution in [3.05, 3.63) is 34.0 Å². The van der Waals surface area contributed by atoms with Crippen LogP contribution in [0.4, 0.5) is 0 Å². The van der Waals surface area contributed by atoms with Crippen LogP contribution < -0.4 is 0 Å². The van der Waals surface area contributed by atoms with E-state index in [0.717, 1.165) is 5.69 Å². The van der Waals surface area contributed by atoms with Crippen molar-refractivity contribution in [1.82, 2.24) is 9.55 Å². The van der Waals surface area contributed by atoms with Gasteiger partial charge in [-0.05, 0) is 0 Å². The van der Waals surface area contributed by atoms with E-state index >= 15 is 0 Å². The van der Waals surface area contributed by atoms with Crippen LogP contribution in [0.1, 0.15) is 19.5 Å². The number of allylic oxidation sites excluding steroid dienone is 1. The molecule has 0 spiro atoms. The number of aromatic nitrogens is 2. The topological polar surface area (TPSA) is 61.0 Å². The van der Waals surface area contributed by atoms with Crippen LogP contribution >= 0.6 is 0 Å². The highest BCUT2D eigenvalue weighted by molar-refractivity contribution is 5.46. The van der Waals surface area contributed by atoms with Crippen LogP contribution in [0.2, 0.25) is 0 Å². The number of rotatable bonds is 3. The summed E-state index contributed by atoms with van der Waals surface area (Å²) in [5.41, 5.74) is 0.944. The number of aryl methyl sites for hydroxylation is 1. The fourth-order valence-corrected chi connectivity index (χ4v) is 1.09. The average molecular weight is 195 g/mol. The molecule has 0 fully saturated rings. The Morgan fingerprint density at radius 1 is 1.71 bits per heavy atom. The molecule has 0 amide bonds. The van der Waals surface area contributed by atoms with Gasteiger partial charge in [-0.1, -0.05) is 13.8 Å². The molecular weight excluding hydrogens is 182 g/mol. The third kappa shape index (κ3) is 2.18. The first-order valence-corrected chi connectivity index (χ1v) is 4.34. The van der Waals surface area contributed by atoms with E-state index in [-0.39, 0.29) is 16.5 Å². The Kier molecular flexibility index (Phi) is 3.01. The molecule has 76 valence electrons. The first kappa shape index (κ1) is 10.4. The predicted molar refractivity (Wildman–Crippen MR) is 53.0 cm³/mol. The fourth-order valence-electron chi connectivity index (χ4n) is 1.09. The highest BCUT2D eigenvalue weighted by Crippen LogP contribution is 2.14. The molecule has 0 bridgehead atoms. The fraction of sp³-hybridized carbons (Fsp3) is 0.444. The van der Waals surface area contributed by atoms with Crippen LogP contribution in [0.5, 0.6) is 0 Å². The molecule has 1 heterocycles. The Morgan fingerprint density at radius 3 is 2.71 bits per heavy atom. The minimum atomic E-state index is -0.350.